The van der Waals surface area contributed by atoms with Crippen molar-refractivity contribution >= 4 is 17.8 Å². The molecule has 0 saturated heterocycles. The minimum Gasteiger partial charge on any atom is -0.504 e. The van der Waals surface area contributed by atoms with Gasteiger partial charge in [0.05, 0.1) is 5.56 Å². The van der Waals surface area contributed by atoms with Crippen molar-refractivity contribution in [2.75, 3.05) is 11.9 Å². The van der Waals surface area contributed by atoms with Gasteiger partial charge < -0.3 is 20.1 Å². The van der Waals surface area contributed by atoms with E-state index < -0.39 is 35.7 Å². The highest BCUT2D eigenvalue weighted by Crippen LogP contribution is 2.35. The number of nitrogens with one attached hydrogen (secondary N) is 1. The van der Waals surface area contributed by atoms with Crippen LogP contribution in [-0.4, -0.2) is 43.8 Å². The Morgan fingerprint density at radius 3 is 2.12 bits per heavy atom. The number of rotatable bonds is 4. The molecule has 0 radical (unpaired) electrons. The predicted octanol–water partition coefficient (Wildman–Crippen LogP) is 1.01. The predicted molar refractivity (Wildman–Crippen MR) is 81.9 cm³/mol. The third-order valence-electron chi connectivity index (χ3n) is 2.87. The number of nitrogens with zero attached hydrogens (tertiary/aromatic N) is 2. The van der Waals surface area contributed by atoms with Crippen LogP contribution in [-0.2, 0) is 9.53 Å². The second-order valence-corrected chi connectivity index (χ2v) is 4.96. The van der Waals surface area contributed by atoms with Crippen molar-refractivity contribution in [3.8, 4) is 17.2 Å². The van der Waals surface area contributed by atoms with Crippen LogP contribution in [0.1, 0.15) is 21.7 Å². The Morgan fingerprint density at radius 2 is 1.58 bits per heavy atom. The molecule has 1 heterocycles. The SMILES string of the molecule is Cc1cc(C)nc(NC(=O)COC(=O)c2cc(O)c(O)c(O)c2)n1. The summed E-state index contributed by atoms with van der Waals surface area (Å²) in [6, 6.07) is 3.55. The van der Waals surface area contributed by atoms with Crippen LogP contribution in [0.3, 0.4) is 0 Å². The molecule has 0 atom stereocenters. The summed E-state index contributed by atoms with van der Waals surface area (Å²) in [4.78, 5) is 31.6. The number of esters is 1. The fraction of sp³-hybridized carbons (Fsp3) is 0.200. The number of phenols is 3. The van der Waals surface area contributed by atoms with Crippen LogP contribution in [0.2, 0.25) is 0 Å². The van der Waals surface area contributed by atoms with Crippen LogP contribution in [0, 0.1) is 13.8 Å². The lowest BCUT2D eigenvalue weighted by atomic mass is 10.2. The number of anilines is 1. The minimum absolute atomic E-state index is 0.0912. The van der Waals surface area contributed by atoms with E-state index in [4.69, 9.17) is 4.74 Å². The van der Waals surface area contributed by atoms with E-state index in [0.717, 1.165) is 12.1 Å². The maximum Gasteiger partial charge on any atom is 0.338 e. The first-order valence-corrected chi connectivity index (χ1v) is 6.80. The van der Waals surface area contributed by atoms with Gasteiger partial charge in [-0.15, -0.1) is 0 Å². The van der Waals surface area contributed by atoms with Gasteiger partial charge in [0.25, 0.3) is 5.91 Å². The number of aromatic hydroxyl groups is 3. The van der Waals surface area contributed by atoms with Crippen molar-refractivity contribution in [1.82, 2.24) is 9.97 Å². The van der Waals surface area contributed by atoms with Crippen LogP contribution >= 0.6 is 0 Å². The van der Waals surface area contributed by atoms with Crippen LogP contribution in [0.25, 0.3) is 0 Å². The Bertz CT molecular complexity index is 763. The van der Waals surface area contributed by atoms with Crippen molar-refractivity contribution in [2.24, 2.45) is 0 Å². The van der Waals surface area contributed by atoms with Gasteiger partial charge in [0.1, 0.15) is 0 Å². The largest absolute Gasteiger partial charge is 0.504 e. The Morgan fingerprint density at radius 1 is 1.04 bits per heavy atom. The Labute approximate surface area is 136 Å². The summed E-state index contributed by atoms with van der Waals surface area (Å²) in [5, 5.41) is 30.3. The molecule has 2 rings (SSSR count). The van der Waals surface area contributed by atoms with Crippen LogP contribution in [0.4, 0.5) is 5.95 Å². The summed E-state index contributed by atoms with van der Waals surface area (Å²) in [7, 11) is 0. The molecular formula is C15H15N3O6. The molecule has 9 heteroatoms. The van der Waals surface area contributed by atoms with Gasteiger partial charge in [-0.1, -0.05) is 0 Å². The van der Waals surface area contributed by atoms with E-state index in [2.05, 4.69) is 15.3 Å². The van der Waals surface area contributed by atoms with Gasteiger partial charge in [-0.2, -0.15) is 0 Å². The van der Waals surface area contributed by atoms with Crippen molar-refractivity contribution in [3.63, 3.8) is 0 Å². The Hall–Kier alpha value is -3.36. The fourth-order valence-electron chi connectivity index (χ4n) is 1.88. The molecule has 0 saturated carbocycles. The second kappa shape index (κ2) is 6.82. The van der Waals surface area contributed by atoms with E-state index in [1.807, 2.05) is 0 Å². The van der Waals surface area contributed by atoms with Crippen molar-refractivity contribution < 1.29 is 29.6 Å². The summed E-state index contributed by atoms with van der Waals surface area (Å²) in [6.45, 7) is 2.87. The Kier molecular flexibility index (Phi) is 4.83. The number of amides is 1. The molecule has 0 bridgehead atoms. The van der Waals surface area contributed by atoms with Gasteiger partial charge >= 0.3 is 5.97 Å². The molecular weight excluding hydrogens is 318 g/mol. The molecule has 9 nitrogen and oxygen atoms in total. The number of carbonyl (C=O) groups is 2. The number of benzene rings is 1. The average Bonchev–Trinajstić information content (AvgIpc) is 2.48. The highest BCUT2D eigenvalue weighted by Gasteiger charge is 2.16. The molecule has 126 valence electrons. The zero-order valence-corrected chi connectivity index (χ0v) is 12.9. The molecule has 0 fully saturated rings. The summed E-state index contributed by atoms with van der Waals surface area (Å²) < 4.78 is 4.76. The van der Waals surface area contributed by atoms with E-state index in [-0.39, 0.29) is 11.5 Å². The second-order valence-electron chi connectivity index (χ2n) is 4.96. The lowest BCUT2D eigenvalue weighted by Crippen LogP contribution is -2.22. The summed E-state index contributed by atoms with van der Waals surface area (Å²) in [5.74, 6) is -3.65. The van der Waals surface area contributed by atoms with Crippen molar-refractivity contribution in [2.45, 2.75) is 13.8 Å². The topological polar surface area (TPSA) is 142 Å². The van der Waals surface area contributed by atoms with E-state index >= 15 is 0 Å². The van der Waals surface area contributed by atoms with Crippen LogP contribution < -0.4 is 5.32 Å². The zero-order chi connectivity index (χ0) is 17.9. The van der Waals surface area contributed by atoms with Gasteiger partial charge in [0, 0.05) is 11.4 Å². The van der Waals surface area contributed by atoms with Crippen molar-refractivity contribution in [3.05, 3.63) is 35.2 Å². The third kappa shape index (κ3) is 4.09. The molecule has 1 aromatic heterocycles. The normalized spacial score (nSPS) is 10.2. The summed E-state index contributed by atoms with van der Waals surface area (Å²) in [5.41, 5.74) is 1.12. The van der Waals surface area contributed by atoms with E-state index in [1.54, 1.807) is 19.9 Å². The molecule has 1 amide bonds. The number of phenolic OH excluding ortho intramolecular Hbond substituents is 3. The maximum absolute atomic E-state index is 11.8. The minimum atomic E-state index is -0.961. The fourth-order valence-corrected chi connectivity index (χ4v) is 1.88. The first-order valence-electron chi connectivity index (χ1n) is 6.80. The average molecular weight is 333 g/mol. The molecule has 0 spiro atoms. The molecule has 0 aliphatic heterocycles. The number of ether oxygens (including phenoxy) is 1. The monoisotopic (exact) mass is 333 g/mol. The number of hydrogen-bond acceptors (Lipinski definition) is 8. The smallest absolute Gasteiger partial charge is 0.338 e. The molecule has 0 unspecified atom stereocenters. The Balaban J connectivity index is 1.97. The van der Waals surface area contributed by atoms with E-state index in [9.17, 15) is 24.9 Å². The van der Waals surface area contributed by atoms with E-state index in [0.29, 0.717) is 11.4 Å². The quantitative estimate of drug-likeness (QED) is 0.479. The molecule has 2 aromatic rings. The number of aryl methyl sites for hydroxylation is 2. The number of carbonyl (C=O) groups excluding carboxylic acids is 2. The number of aromatic nitrogens is 2. The molecule has 1 aromatic carbocycles. The van der Waals surface area contributed by atoms with E-state index in [1.165, 1.54) is 0 Å². The molecule has 24 heavy (non-hydrogen) atoms. The first kappa shape index (κ1) is 17.0. The van der Waals surface area contributed by atoms with Crippen molar-refractivity contribution in [1.29, 1.82) is 0 Å². The number of hydrogen-bond donors (Lipinski definition) is 4. The lowest BCUT2D eigenvalue weighted by Gasteiger charge is -2.08. The van der Waals surface area contributed by atoms with Crippen LogP contribution in [0.15, 0.2) is 18.2 Å². The standard InChI is InChI=1S/C15H15N3O6/c1-7-3-8(2)17-15(16-7)18-12(21)6-24-14(23)9-4-10(19)13(22)11(20)5-9/h3-5,19-20,22H,6H2,1-2H3,(H,16,17,18,21). The van der Waals surface area contributed by atoms with Gasteiger partial charge in [0.2, 0.25) is 5.95 Å². The zero-order valence-electron chi connectivity index (χ0n) is 12.9. The molecule has 4 N–H and O–H groups in total. The maximum atomic E-state index is 11.8. The van der Waals surface area contributed by atoms with Gasteiger partial charge in [0.15, 0.2) is 23.9 Å². The third-order valence-corrected chi connectivity index (χ3v) is 2.87. The van der Waals surface area contributed by atoms with Gasteiger partial charge in [-0.3, -0.25) is 10.1 Å². The summed E-state index contributed by atoms with van der Waals surface area (Å²) in [6.07, 6.45) is 0. The molecule has 0 aliphatic rings. The summed E-state index contributed by atoms with van der Waals surface area (Å²) >= 11 is 0. The van der Waals surface area contributed by atoms with Gasteiger partial charge in [-0.25, -0.2) is 14.8 Å². The molecule has 0 aliphatic carbocycles. The first-order chi connectivity index (χ1) is 11.3. The lowest BCUT2D eigenvalue weighted by molar-refractivity contribution is -0.119. The van der Waals surface area contributed by atoms with Gasteiger partial charge in [-0.05, 0) is 32.0 Å². The highest BCUT2D eigenvalue weighted by molar-refractivity contribution is 5.95. The highest BCUT2D eigenvalue weighted by atomic mass is 16.5. The van der Waals surface area contributed by atoms with Crippen LogP contribution in [0.5, 0.6) is 17.2 Å².